The predicted octanol–water partition coefficient (Wildman–Crippen LogP) is 2.34. The Kier molecular flexibility index (Phi) is 3.61. The number of carbonyl (C=O) groups excluding carboxylic acids is 1. The van der Waals surface area contributed by atoms with Crippen molar-refractivity contribution in [2.24, 2.45) is 0 Å². The van der Waals surface area contributed by atoms with Gasteiger partial charge in [0.05, 0.1) is 0 Å². The molecule has 0 aliphatic carbocycles. The molecule has 1 heterocycles. The summed E-state index contributed by atoms with van der Waals surface area (Å²) in [6, 6.07) is 6.68. The maximum Gasteiger partial charge on any atom is 0.317 e. The molecular formula is C13H17FN2O. The molecule has 1 saturated heterocycles. The molecular weight excluding hydrogens is 219 g/mol. The van der Waals surface area contributed by atoms with Gasteiger partial charge < -0.3 is 10.2 Å². The van der Waals surface area contributed by atoms with E-state index in [-0.39, 0.29) is 11.8 Å². The summed E-state index contributed by atoms with van der Waals surface area (Å²) in [5.74, 6) is 0.244. The van der Waals surface area contributed by atoms with Crippen molar-refractivity contribution >= 4 is 6.03 Å². The minimum Gasteiger partial charge on any atom is -0.341 e. The van der Waals surface area contributed by atoms with Crippen LogP contribution in [-0.4, -0.2) is 31.1 Å². The van der Waals surface area contributed by atoms with Crippen molar-refractivity contribution < 1.29 is 9.18 Å². The van der Waals surface area contributed by atoms with Crippen molar-refractivity contribution in [1.82, 2.24) is 10.2 Å². The van der Waals surface area contributed by atoms with Gasteiger partial charge in [-0.15, -0.1) is 0 Å². The van der Waals surface area contributed by atoms with Gasteiger partial charge in [-0.1, -0.05) is 12.1 Å². The highest BCUT2D eigenvalue weighted by molar-refractivity contribution is 5.73. The third kappa shape index (κ3) is 2.75. The number of carbonyl (C=O) groups is 1. The molecule has 0 saturated carbocycles. The maximum atomic E-state index is 12.8. The monoisotopic (exact) mass is 236 g/mol. The summed E-state index contributed by atoms with van der Waals surface area (Å²) < 4.78 is 12.8. The number of benzene rings is 1. The molecule has 17 heavy (non-hydrogen) atoms. The Morgan fingerprint density at radius 3 is 2.41 bits per heavy atom. The molecule has 1 aliphatic heterocycles. The highest BCUT2D eigenvalue weighted by Crippen LogP contribution is 2.27. The summed E-state index contributed by atoms with van der Waals surface area (Å²) >= 11 is 0. The smallest absolute Gasteiger partial charge is 0.317 e. The van der Waals surface area contributed by atoms with Crippen molar-refractivity contribution in [3.8, 4) is 0 Å². The van der Waals surface area contributed by atoms with E-state index in [4.69, 9.17) is 0 Å². The van der Waals surface area contributed by atoms with E-state index >= 15 is 0 Å². The number of likely N-dealkylation sites (tertiary alicyclic amines) is 1. The highest BCUT2D eigenvalue weighted by atomic mass is 19.1. The van der Waals surface area contributed by atoms with E-state index < -0.39 is 0 Å². The Morgan fingerprint density at radius 2 is 1.88 bits per heavy atom. The number of hydrogen-bond donors (Lipinski definition) is 1. The summed E-state index contributed by atoms with van der Waals surface area (Å²) in [5, 5.41) is 2.63. The molecule has 0 atom stereocenters. The van der Waals surface area contributed by atoms with Gasteiger partial charge in [-0.2, -0.15) is 0 Å². The van der Waals surface area contributed by atoms with Crippen molar-refractivity contribution in [2.45, 2.75) is 18.8 Å². The van der Waals surface area contributed by atoms with E-state index in [9.17, 15) is 9.18 Å². The predicted molar refractivity (Wildman–Crippen MR) is 64.4 cm³/mol. The molecule has 1 fully saturated rings. The minimum atomic E-state index is -0.198. The number of nitrogens with one attached hydrogen (secondary N) is 1. The zero-order valence-electron chi connectivity index (χ0n) is 9.95. The van der Waals surface area contributed by atoms with Gasteiger partial charge in [0.15, 0.2) is 0 Å². The summed E-state index contributed by atoms with van der Waals surface area (Å²) in [7, 11) is 1.65. The van der Waals surface area contributed by atoms with Crippen molar-refractivity contribution in [2.75, 3.05) is 20.1 Å². The third-order valence-electron chi connectivity index (χ3n) is 3.34. The number of nitrogens with zero attached hydrogens (tertiary/aromatic N) is 1. The molecule has 2 amide bonds. The van der Waals surface area contributed by atoms with E-state index in [2.05, 4.69) is 5.32 Å². The summed E-state index contributed by atoms with van der Waals surface area (Å²) in [5.41, 5.74) is 1.17. The molecule has 0 bridgehead atoms. The second-order valence-electron chi connectivity index (χ2n) is 4.37. The number of halogens is 1. The number of rotatable bonds is 1. The minimum absolute atomic E-state index is 0.0115. The zero-order chi connectivity index (χ0) is 12.3. The van der Waals surface area contributed by atoms with E-state index in [1.807, 2.05) is 17.0 Å². The average Bonchev–Trinajstić information content (AvgIpc) is 2.39. The molecule has 0 aromatic heterocycles. The van der Waals surface area contributed by atoms with Gasteiger partial charge in [0.25, 0.3) is 0 Å². The zero-order valence-corrected chi connectivity index (χ0v) is 9.95. The lowest BCUT2D eigenvalue weighted by molar-refractivity contribution is 0.183. The Bertz CT molecular complexity index is 383. The van der Waals surface area contributed by atoms with Crippen LogP contribution in [0.2, 0.25) is 0 Å². The average molecular weight is 236 g/mol. The van der Waals surface area contributed by atoms with Crippen molar-refractivity contribution in [3.05, 3.63) is 35.6 Å². The Hall–Kier alpha value is -1.58. The molecule has 0 radical (unpaired) electrons. The molecule has 1 aromatic rings. The lowest BCUT2D eigenvalue weighted by Crippen LogP contribution is -2.42. The van der Waals surface area contributed by atoms with Crippen molar-refractivity contribution in [1.29, 1.82) is 0 Å². The molecule has 1 aromatic carbocycles. The fraction of sp³-hybridized carbons (Fsp3) is 0.462. The Morgan fingerprint density at radius 1 is 1.29 bits per heavy atom. The van der Waals surface area contributed by atoms with E-state index in [0.717, 1.165) is 25.9 Å². The van der Waals surface area contributed by atoms with Crippen LogP contribution in [0.5, 0.6) is 0 Å². The third-order valence-corrected chi connectivity index (χ3v) is 3.34. The van der Waals surface area contributed by atoms with Gasteiger partial charge in [0.1, 0.15) is 5.82 Å². The first-order valence-electron chi connectivity index (χ1n) is 5.93. The van der Waals surface area contributed by atoms with Crippen LogP contribution in [0.15, 0.2) is 24.3 Å². The van der Waals surface area contributed by atoms with Gasteiger partial charge in [0.2, 0.25) is 0 Å². The fourth-order valence-corrected chi connectivity index (χ4v) is 2.31. The van der Waals surface area contributed by atoms with Crippen LogP contribution >= 0.6 is 0 Å². The first-order chi connectivity index (χ1) is 8.20. The maximum absolute atomic E-state index is 12.8. The summed E-state index contributed by atoms with van der Waals surface area (Å²) in [6.07, 6.45) is 1.89. The quantitative estimate of drug-likeness (QED) is 0.797. The molecule has 0 unspecified atom stereocenters. The first-order valence-corrected chi connectivity index (χ1v) is 5.93. The Balaban J connectivity index is 1.95. The normalized spacial score (nSPS) is 16.9. The second-order valence-corrected chi connectivity index (χ2v) is 4.37. The molecule has 3 nitrogen and oxygen atoms in total. The molecule has 0 spiro atoms. The molecule has 92 valence electrons. The van der Waals surface area contributed by atoms with Crippen LogP contribution in [-0.2, 0) is 0 Å². The number of amides is 2. The van der Waals surface area contributed by atoms with Gasteiger partial charge in [-0.3, -0.25) is 0 Å². The fourth-order valence-electron chi connectivity index (χ4n) is 2.31. The van der Waals surface area contributed by atoms with Crippen LogP contribution < -0.4 is 5.32 Å². The van der Waals surface area contributed by atoms with Gasteiger partial charge in [-0.25, -0.2) is 9.18 Å². The van der Waals surface area contributed by atoms with Crippen LogP contribution in [0, 0.1) is 5.82 Å². The topological polar surface area (TPSA) is 32.3 Å². The molecule has 4 heteroatoms. The number of urea groups is 1. The summed E-state index contributed by atoms with van der Waals surface area (Å²) in [6.45, 7) is 1.53. The number of piperidine rings is 1. The standard InChI is InChI=1S/C13H17FN2O/c1-15-13(17)16-8-6-11(7-9-16)10-2-4-12(14)5-3-10/h2-5,11H,6-9H2,1H3,(H,15,17). The summed E-state index contributed by atoms with van der Waals surface area (Å²) in [4.78, 5) is 13.2. The molecule has 2 rings (SSSR count). The highest BCUT2D eigenvalue weighted by Gasteiger charge is 2.22. The van der Waals surface area contributed by atoms with Gasteiger partial charge in [0, 0.05) is 20.1 Å². The van der Waals surface area contributed by atoms with E-state index in [0.29, 0.717) is 5.92 Å². The van der Waals surface area contributed by atoms with Gasteiger partial charge >= 0.3 is 6.03 Å². The first kappa shape index (κ1) is 11.9. The lowest BCUT2D eigenvalue weighted by atomic mass is 9.89. The van der Waals surface area contributed by atoms with Crippen molar-refractivity contribution in [3.63, 3.8) is 0 Å². The SMILES string of the molecule is CNC(=O)N1CCC(c2ccc(F)cc2)CC1. The number of hydrogen-bond acceptors (Lipinski definition) is 1. The largest absolute Gasteiger partial charge is 0.341 e. The van der Waals surface area contributed by atoms with E-state index in [1.165, 1.54) is 17.7 Å². The van der Waals surface area contributed by atoms with Gasteiger partial charge in [-0.05, 0) is 36.5 Å². The lowest BCUT2D eigenvalue weighted by Gasteiger charge is -2.31. The van der Waals surface area contributed by atoms with Crippen LogP contribution in [0.4, 0.5) is 9.18 Å². The Labute approximate surface area is 101 Å². The van der Waals surface area contributed by atoms with Crippen LogP contribution in [0.1, 0.15) is 24.3 Å². The molecule has 1 aliphatic rings. The van der Waals surface area contributed by atoms with Crippen LogP contribution in [0.25, 0.3) is 0 Å². The molecule has 1 N–H and O–H groups in total. The van der Waals surface area contributed by atoms with E-state index in [1.54, 1.807) is 7.05 Å². The van der Waals surface area contributed by atoms with Crippen LogP contribution in [0.3, 0.4) is 0 Å². The second kappa shape index (κ2) is 5.17.